The van der Waals surface area contributed by atoms with Crippen LogP contribution in [0.5, 0.6) is 5.75 Å². The Balaban J connectivity index is 1.58. The van der Waals surface area contributed by atoms with Gasteiger partial charge in [0.15, 0.2) is 11.4 Å². The number of fused-ring (bicyclic) bond motifs is 1. The number of ketones is 1. The lowest BCUT2D eigenvalue weighted by Crippen LogP contribution is -2.12. The van der Waals surface area contributed by atoms with Gasteiger partial charge in [-0.2, -0.15) is 10.2 Å². The third-order valence-electron chi connectivity index (χ3n) is 6.18. The number of nitrogens with zero attached hydrogens (tertiary/aromatic N) is 5. The molecule has 0 amide bonds. The van der Waals surface area contributed by atoms with Crippen LogP contribution >= 0.6 is 11.3 Å². The summed E-state index contributed by atoms with van der Waals surface area (Å²) >= 11 is 1.71. The molecular weight excluding hydrogens is 424 g/mol. The van der Waals surface area contributed by atoms with Crippen LogP contribution in [0, 0.1) is 6.92 Å². The van der Waals surface area contributed by atoms with E-state index in [1.165, 1.54) is 11.2 Å². The smallest absolute Gasteiger partial charge is 0.197 e. The average Bonchev–Trinajstić information content (AvgIpc) is 3.51. The van der Waals surface area contributed by atoms with Crippen LogP contribution in [-0.4, -0.2) is 42.7 Å². The van der Waals surface area contributed by atoms with E-state index in [1.54, 1.807) is 23.0 Å². The van der Waals surface area contributed by atoms with Crippen molar-refractivity contribution in [1.29, 1.82) is 0 Å². The summed E-state index contributed by atoms with van der Waals surface area (Å²) in [4.78, 5) is 22.1. The average molecular weight is 451 g/mol. The second-order valence-electron chi connectivity index (χ2n) is 8.62. The van der Waals surface area contributed by atoms with Gasteiger partial charge in [0.25, 0.3) is 0 Å². The summed E-state index contributed by atoms with van der Waals surface area (Å²) in [7, 11) is 1.63. The standard InChI is InChI=1S/C23H26N6O2S/c1-12(2)18-19(15-9-17(31-4)22-24-11-25-29(22)10-15)27-28-20(18)23-26-13(3)21(32-23)14-5-7-16(30)8-6-14/h9-12,14H,5-8H2,1-4H3,(H,27,28). The summed E-state index contributed by atoms with van der Waals surface area (Å²) in [5, 5.41) is 13.2. The van der Waals surface area contributed by atoms with Crippen molar-refractivity contribution >= 4 is 22.8 Å². The minimum absolute atomic E-state index is 0.233. The van der Waals surface area contributed by atoms with Crippen molar-refractivity contribution in [2.24, 2.45) is 0 Å². The SMILES string of the molecule is COc1cc(-c2[nH]nc(-c3nc(C)c(C4CCC(=O)CC4)s3)c2C(C)C)cn2ncnc12. The minimum Gasteiger partial charge on any atom is -0.493 e. The van der Waals surface area contributed by atoms with E-state index < -0.39 is 0 Å². The molecule has 0 spiro atoms. The number of carbonyl (C=O) groups excluding carboxylic acids is 1. The number of aryl methyl sites for hydroxylation is 1. The number of ether oxygens (including phenoxy) is 1. The molecule has 4 heterocycles. The molecule has 0 unspecified atom stereocenters. The summed E-state index contributed by atoms with van der Waals surface area (Å²) < 4.78 is 7.26. The Kier molecular flexibility index (Phi) is 5.28. The number of rotatable bonds is 5. The number of methoxy groups -OCH3 is 1. The lowest BCUT2D eigenvalue weighted by Gasteiger charge is -2.19. The highest BCUT2D eigenvalue weighted by molar-refractivity contribution is 7.15. The van der Waals surface area contributed by atoms with E-state index in [0.29, 0.717) is 35.9 Å². The Morgan fingerprint density at radius 3 is 2.78 bits per heavy atom. The summed E-state index contributed by atoms with van der Waals surface area (Å²) in [6.45, 7) is 6.40. The molecular formula is C23H26N6O2S. The lowest BCUT2D eigenvalue weighted by molar-refractivity contribution is -0.120. The topological polar surface area (TPSA) is 98.1 Å². The first-order valence-corrected chi connectivity index (χ1v) is 11.7. The largest absolute Gasteiger partial charge is 0.493 e. The fraction of sp³-hybridized carbons (Fsp3) is 0.435. The number of H-pyrrole nitrogens is 1. The van der Waals surface area contributed by atoms with E-state index in [1.807, 2.05) is 12.3 Å². The quantitative estimate of drug-likeness (QED) is 0.464. The van der Waals surface area contributed by atoms with Crippen LogP contribution in [0.3, 0.4) is 0 Å². The summed E-state index contributed by atoms with van der Waals surface area (Å²) in [5.74, 6) is 1.68. The molecule has 8 nitrogen and oxygen atoms in total. The Bertz CT molecular complexity index is 1290. The molecule has 9 heteroatoms. The number of thiazole rings is 1. The number of hydrogen-bond acceptors (Lipinski definition) is 7. The molecule has 32 heavy (non-hydrogen) atoms. The molecule has 1 saturated carbocycles. The van der Waals surface area contributed by atoms with Gasteiger partial charge in [0.2, 0.25) is 0 Å². The van der Waals surface area contributed by atoms with Crippen molar-refractivity contribution in [2.45, 2.75) is 58.3 Å². The highest BCUT2D eigenvalue weighted by Crippen LogP contribution is 2.42. The minimum atomic E-state index is 0.233. The van der Waals surface area contributed by atoms with E-state index in [2.05, 4.69) is 36.0 Å². The Morgan fingerprint density at radius 1 is 1.28 bits per heavy atom. The molecule has 0 aliphatic heterocycles. The third kappa shape index (κ3) is 3.50. The molecule has 1 N–H and O–H groups in total. The van der Waals surface area contributed by atoms with Gasteiger partial charge in [0.05, 0.1) is 18.5 Å². The zero-order valence-electron chi connectivity index (χ0n) is 18.7. The molecule has 4 aromatic rings. The molecule has 5 rings (SSSR count). The van der Waals surface area contributed by atoms with Gasteiger partial charge in [0, 0.05) is 35.0 Å². The monoisotopic (exact) mass is 450 g/mol. The number of nitrogens with one attached hydrogen (secondary N) is 1. The number of carbonyl (C=O) groups is 1. The van der Waals surface area contributed by atoms with E-state index in [-0.39, 0.29) is 5.92 Å². The van der Waals surface area contributed by atoms with Gasteiger partial charge < -0.3 is 4.74 Å². The zero-order valence-corrected chi connectivity index (χ0v) is 19.5. The van der Waals surface area contributed by atoms with Gasteiger partial charge >= 0.3 is 0 Å². The Hall–Kier alpha value is -3.07. The first kappa shape index (κ1) is 20.8. The predicted molar refractivity (Wildman–Crippen MR) is 123 cm³/mol. The van der Waals surface area contributed by atoms with Crippen molar-refractivity contribution in [3.05, 3.63) is 34.7 Å². The van der Waals surface area contributed by atoms with Gasteiger partial charge in [0.1, 0.15) is 22.8 Å². The first-order valence-electron chi connectivity index (χ1n) is 10.9. The van der Waals surface area contributed by atoms with Crippen molar-refractivity contribution in [3.63, 3.8) is 0 Å². The molecule has 4 aromatic heterocycles. The molecule has 166 valence electrons. The van der Waals surface area contributed by atoms with Crippen LogP contribution in [0.25, 0.3) is 27.6 Å². The van der Waals surface area contributed by atoms with Crippen molar-refractivity contribution in [2.75, 3.05) is 7.11 Å². The van der Waals surface area contributed by atoms with Gasteiger partial charge in [-0.1, -0.05) is 13.8 Å². The number of pyridine rings is 1. The van der Waals surface area contributed by atoms with E-state index in [0.717, 1.165) is 46.1 Å². The van der Waals surface area contributed by atoms with Crippen LogP contribution in [0.4, 0.5) is 0 Å². The number of aromatic amines is 1. The van der Waals surface area contributed by atoms with Crippen LogP contribution in [-0.2, 0) is 4.79 Å². The molecule has 0 saturated heterocycles. The van der Waals surface area contributed by atoms with Crippen molar-refractivity contribution in [3.8, 4) is 27.7 Å². The molecule has 1 aliphatic carbocycles. The summed E-state index contributed by atoms with van der Waals surface area (Å²) in [5.41, 5.74) is 5.59. The summed E-state index contributed by atoms with van der Waals surface area (Å²) in [6.07, 6.45) is 6.64. The highest BCUT2D eigenvalue weighted by Gasteiger charge is 2.27. The predicted octanol–water partition coefficient (Wildman–Crippen LogP) is 4.91. The van der Waals surface area contributed by atoms with E-state index in [4.69, 9.17) is 14.8 Å². The van der Waals surface area contributed by atoms with Crippen molar-refractivity contribution in [1.82, 2.24) is 29.8 Å². The van der Waals surface area contributed by atoms with Crippen LogP contribution in [0.1, 0.15) is 67.5 Å². The molecule has 1 fully saturated rings. The molecule has 0 aromatic carbocycles. The maximum atomic E-state index is 11.7. The van der Waals surface area contributed by atoms with Crippen LogP contribution in [0.2, 0.25) is 0 Å². The van der Waals surface area contributed by atoms with Crippen molar-refractivity contribution < 1.29 is 9.53 Å². The van der Waals surface area contributed by atoms with Gasteiger partial charge in [-0.25, -0.2) is 14.5 Å². The molecule has 1 aliphatic rings. The highest BCUT2D eigenvalue weighted by atomic mass is 32.1. The summed E-state index contributed by atoms with van der Waals surface area (Å²) in [6, 6.07) is 1.96. The maximum Gasteiger partial charge on any atom is 0.197 e. The normalized spacial score (nSPS) is 15.2. The Morgan fingerprint density at radius 2 is 2.06 bits per heavy atom. The van der Waals surface area contributed by atoms with Crippen LogP contribution < -0.4 is 4.74 Å². The van der Waals surface area contributed by atoms with Gasteiger partial charge in [-0.15, -0.1) is 11.3 Å². The zero-order chi connectivity index (χ0) is 22.4. The van der Waals surface area contributed by atoms with Gasteiger partial charge in [-0.3, -0.25) is 9.89 Å². The maximum absolute atomic E-state index is 11.7. The molecule has 0 atom stereocenters. The first-order chi connectivity index (χ1) is 15.5. The lowest BCUT2D eigenvalue weighted by atomic mass is 9.87. The Labute approximate surface area is 190 Å². The number of aromatic nitrogens is 6. The molecule has 0 bridgehead atoms. The van der Waals surface area contributed by atoms with Gasteiger partial charge in [-0.05, 0) is 37.7 Å². The van der Waals surface area contributed by atoms with Crippen LogP contribution in [0.15, 0.2) is 18.6 Å². The third-order valence-corrected chi connectivity index (χ3v) is 7.51. The van der Waals surface area contributed by atoms with E-state index >= 15 is 0 Å². The second-order valence-corrected chi connectivity index (χ2v) is 9.65. The number of Topliss-reactive ketones (excluding diaryl/α,β-unsaturated/α-hetero) is 1. The molecule has 0 radical (unpaired) electrons. The van der Waals surface area contributed by atoms with E-state index in [9.17, 15) is 4.79 Å². The second kappa shape index (κ2) is 8.12. The fourth-order valence-electron chi connectivity index (χ4n) is 4.57. The fourth-order valence-corrected chi connectivity index (χ4v) is 5.81. The number of hydrogen-bond donors (Lipinski definition) is 1.